The molecule has 0 atom stereocenters. The molecule has 0 saturated carbocycles. The Labute approximate surface area is 162 Å². The molecule has 1 N–H and O–H groups in total. The average molecular weight is 391 g/mol. The molecule has 3 aromatic carbocycles. The SMILES string of the molecule is Cc1ccc(S(=O)(=O)Oc2c(-c3ccccc3)c(=O)[nH]c3ccccc23)cc1. The second-order valence-electron chi connectivity index (χ2n) is 6.42. The molecular weight excluding hydrogens is 374 g/mol. The first kappa shape index (κ1) is 18.0. The van der Waals surface area contributed by atoms with Crippen molar-refractivity contribution in [1.29, 1.82) is 0 Å². The lowest BCUT2D eigenvalue weighted by atomic mass is 10.0. The van der Waals surface area contributed by atoms with Crippen LogP contribution in [0.4, 0.5) is 0 Å². The number of fused-ring (bicyclic) bond motifs is 1. The lowest BCUT2D eigenvalue weighted by molar-refractivity contribution is 0.489. The van der Waals surface area contributed by atoms with Crippen molar-refractivity contribution in [2.45, 2.75) is 11.8 Å². The molecule has 0 unspecified atom stereocenters. The van der Waals surface area contributed by atoms with Crippen LogP contribution in [-0.2, 0) is 10.1 Å². The van der Waals surface area contributed by atoms with Crippen LogP contribution >= 0.6 is 0 Å². The van der Waals surface area contributed by atoms with Crippen LogP contribution in [0.2, 0.25) is 0 Å². The van der Waals surface area contributed by atoms with Gasteiger partial charge in [0.1, 0.15) is 4.90 Å². The summed E-state index contributed by atoms with van der Waals surface area (Å²) < 4.78 is 31.4. The molecule has 1 heterocycles. The van der Waals surface area contributed by atoms with E-state index in [9.17, 15) is 13.2 Å². The highest BCUT2D eigenvalue weighted by Crippen LogP contribution is 2.35. The third-order valence-corrected chi connectivity index (χ3v) is 5.67. The number of hydrogen-bond donors (Lipinski definition) is 1. The van der Waals surface area contributed by atoms with Crippen LogP contribution in [0.15, 0.2) is 88.6 Å². The van der Waals surface area contributed by atoms with Crippen LogP contribution in [0.3, 0.4) is 0 Å². The molecule has 0 aliphatic rings. The number of hydrogen-bond acceptors (Lipinski definition) is 4. The van der Waals surface area contributed by atoms with Crippen molar-refractivity contribution in [3.8, 4) is 16.9 Å². The Morgan fingerprint density at radius 1 is 0.821 bits per heavy atom. The van der Waals surface area contributed by atoms with Crippen LogP contribution in [0, 0.1) is 6.92 Å². The Morgan fingerprint density at radius 2 is 1.46 bits per heavy atom. The Balaban J connectivity index is 1.97. The number of pyridine rings is 1. The van der Waals surface area contributed by atoms with E-state index in [1.54, 1.807) is 60.7 Å². The van der Waals surface area contributed by atoms with Crippen molar-refractivity contribution >= 4 is 21.0 Å². The Morgan fingerprint density at radius 3 is 2.18 bits per heavy atom. The number of aryl methyl sites for hydroxylation is 1. The van der Waals surface area contributed by atoms with Gasteiger partial charge in [-0.3, -0.25) is 4.79 Å². The lowest BCUT2D eigenvalue weighted by Crippen LogP contribution is -2.16. The third-order valence-electron chi connectivity index (χ3n) is 4.44. The molecule has 5 nitrogen and oxygen atoms in total. The molecule has 28 heavy (non-hydrogen) atoms. The van der Waals surface area contributed by atoms with E-state index in [4.69, 9.17) is 4.18 Å². The highest BCUT2D eigenvalue weighted by Gasteiger charge is 2.23. The second kappa shape index (κ2) is 6.98. The maximum Gasteiger partial charge on any atom is 0.339 e. The minimum absolute atomic E-state index is 0.0196. The molecular formula is C22H17NO4S. The summed E-state index contributed by atoms with van der Waals surface area (Å²) in [7, 11) is -4.12. The minimum Gasteiger partial charge on any atom is -0.377 e. The summed E-state index contributed by atoms with van der Waals surface area (Å²) in [4.78, 5) is 15.6. The second-order valence-corrected chi connectivity index (χ2v) is 7.97. The lowest BCUT2D eigenvalue weighted by Gasteiger charge is -2.14. The van der Waals surface area contributed by atoms with Gasteiger partial charge < -0.3 is 9.17 Å². The zero-order valence-electron chi connectivity index (χ0n) is 15.0. The fourth-order valence-corrected chi connectivity index (χ4v) is 3.99. The van der Waals surface area contributed by atoms with Gasteiger partial charge in [-0.25, -0.2) is 0 Å². The zero-order chi connectivity index (χ0) is 19.7. The summed E-state index contributed by atoms with van der Waals surface area (Å²) in [6, 6.07) is 22.2. The number of para-hydroxylation sites is 1. The summed E-state index contributed by atoms with van der Waals surface area (Å²) in [5.74, 6) is 0.0196. The normalized spacial score (nSPS) is 11.5. The Kier molecular flexibility index (Phi) is 4.49. The summed E-state index contributed by atoms with van der Waals surface area (Å²) in [6.07, 6.45) is 0. The molecule has 6 heteroatoms. The van der Waals surface area contributed by atoms with Gasteiger partial charge in [0.05, 0.1) is 11.1 Å². The molecule has 1 aromatic heterocycles. The summed E-state index contributed by atoms with van der Waals surface area (Å²) in [5, 5.41) is 0.511. The van der Waals surface area contributed by atoms with Crippen LogP contribution in [0.25, 0.3) is 22.0 Å². The van der Waals surface area contributed by atoms with Crippen LogP contribution in [-0.4, -0.2) is 13.4 Å². The highest BCUT2D eigenvalue weighted by atomic mass is 32.2. The zero-order valence-corrected chi connectivity index (χ0v) is 15.9. The molecule has 0 amide bonds. The van der Waals surface area contributed by atoms with E-state index in [2.05, 4.69) is 4.98 Å². The van der Waals surface area contributed by atoms with Crippen molar-refractivity contribution < 1.29 is 12.6 Å². The first-order valence-corrected chi connectivity index (χ1v) is 10.1. The summed E-state index contributed by atoms with van der Waals surface area (Å²) in [5.41, 5.74) is 1.77. The molecule has 0 aliphatic heterocycles. The largest absolute Gasteiger partial charge is 0.377 e. The number of benzene rings is 3. The number of nitrogens with one attached hydrogen (secondary N) is 1. The fraction of sp³-hybridized carbons (Fsp3) is 0.0455. The molecule has 0 fully saturated rings. The van der Waals surface area contributed by atoms with E-state index >= 15 is 0 Å². The van der Waals surface area contributed by atoms with E-state index in [0.29, 0.717) is 16.5 Å². The van der Waals surface area contributed by atoms with Crippen molar-refractivity contribution in [2.75, 3.05) is 0 Å². The molecule has 0 spiro atoms. The maximum absolute atomic E-state index is 12.9. The van der Waals surface area contributed by atoms with Gasteiger partial charge in [0, 0.05) is 5.39 Å². The van der Waals surface area contributed by atoms with Crippen LogP contribution in [0.5, 0.6) is 5.75 Å². The van der Waals surface area contributed by atoms with Crippen molar-refractivity contribution in [1.82, 2.24) is 4.98 Å². The van der Waals surface area contributed by atoms with Gasteiger partial charge in [-0.15, -0.1) is 0 Å². The molecule has 0 aliphatic carbocycles. The minimum atomic E-state index is -4.12. The predicted octanol–water partition coefficient (Wildman–Crippen LogP) is 4.27. The Hall–Kier alpha value is -3.38. The summed E-state index contributed by atoms with van der Waals surface area (Å²) in [6.45, 7) is 1.87. The van der Waals surface area contributed by atoms with E-state index in [1.165, 1.54) is 12.1 Å². The molecule has 140 valence electrons. The highest BCUT2D eigenvalue weighted by molar-refractivity contribution is 7.87. The maximum atomic E-state index is 12.9. The van der Waals surface area contributed by atoms with Crippen molar-refractivity contribution in [2.24, 2.45) is 0 Å². The van der Waals surface area contributed by atoms with E-state index in [-0.39, 0.29) is 16.2 Å². The van der Waals surface area contributed by atoms with Gasteiger partial charge in [0.15, 0.2) is 5.75 Å². The van der Waals surface area contributed by atoms with Gasteiger partial charge in [0.2, 0.25) is 0 Å². The number of aromatic nitrogens is 1. The van der Waals surface area contributed by atoms with Gasteiger partial charge in [-0.05, 0) is 36.8 Å². The molecule has 0 saturated heterocycles. The first-order chi connectivity index (χ1) is 13.5. The number of H-pyrrole nitrogens is 1. The molecule has 4 rings (SSSR count). The van der Waals surface area contributed by atoms with Crippen LogP contribution in [0.1, 0.15) is 5.56 Å². The van der Waals surface area contributed by atoms with Crippen LogP contribution < -0.4 is 9.74 Å². The van der Waals surface area contributed by atoms with Gasteiger partial charge in [-0.2, -0.15) is 8.42 Å². The molecule has 4 aromatic rings. The topological polar surface area (TPSA) is 76.2 Å². The van der Waals surface area contributed by atoms with E-state index < -0.39 is 15.7 Å². The molecule has 0 bridgehead atoms. The fourth-order valence-electron chi connectivity index (χ4n) is 3.03. The summed E-state index contributed by atoms with van der Waals surface area (Å²) >= 11 is 0. The quantitative estimate of drug-likeness (QED) is 0.527. The smallest absolute Gasteiger partial charge is 0.339 e. The average Bonchev–Trinajstić information content (AvgIpc) is 2.69. The third kappa shape index (κ3) is 3.30. The number of aromatic amines is 1. The van der Waals surface area contributed by atoms with Crippen molar-refractivity contribution in [3.63, 3.8) is 0 Å². The first-order valence-electron chi connectivity index (χ1n) is 8.67. The van der Waals surface area contributed by atoms with E-state index in [1.807, 2.05) is 13.0 Å². The number of rotatable bonds is 4. The monoisotopic (exact) mass is 391 g/mol. The van der Waals surface area contributed by atoms with Gasteiger partial charge >= 0.3 is 10.1 Å². The van der Waals surface area contributed by atoms with E-state index in [0.717, 1.165) is 5.56 Å². The molecule has 0 radical (unpaired) electrons. The predicted molar refractivity (Wildman–Crippen MR) is 109 cm³/mol. The van der Waals surface area contributed by atoms with Gasteiger partial charge in [-0.1, -0.05) is 60.2 Å². The standard InChI is InChI=1S/C22H17NO4S/c1-15-11-13-17(14-12-15)28(25,26)27-21-18-9-5-6-10-19(18)23-22(24)20(21)16-7-3-2-4-8-16/h2-14H,1H3,(H,23,24). The Bertz CT molecular complexity index is 1310. The van der Waals surface area contributed by atoms with Gasteiger partial charge in [0.25, 0.3) is 5.56 Å². The van der Waals surface area contributed by atoms with Crippen molar-refractivity contribution in [3.05, 3.63) is 94.8 Å².